The number of carbonyl (C=O) groups excluding carboxylic acids is 1. The summed E-state index contributed by atoms with van der Waals surface area (Å²) in [5.74, 6) is 0.204. The van der Waals surface area contributed by atoms with Crippen LogP contribution in [-0.4, -0.2) is 24.5 Å². The number of rotatable bonds is 5. The predicted octanol–water partition coefficient (Wildman–Crippen LogP) is 2.60. The Labute approximate surface area is 106 Å². The first-order chi connectivity index (χ1) is 8.24. The summed E-state index contributed by atoms with van der Waals surface area (Å²) in [7, 11) is 0. The van der Waals surface area contributed by atoms with Gasteiger partial charge in [0.25, 0.3) is 0 Å². The second-order valence-corrected chi connectivity index (χ2v) is 5.26. The van der Waals surface area contributed by atoms with Crippen LogP contribution in [0.25, 0.3) is 0 Å². The zero-order chi connectivity index (χ0) is 12.5. The van der Waals surface area contributed by atoms with Crippen molar-refractivity contribution >= 4 is 5.91 Å². The van der Waals surface area contributed by atoms with E-state index in [1.54, 1.807) is 0 Å². The maximum Gasteiger partial charge on any atom is 0.237 e. The number of unbranched alkanes of at least 4 members (excludes halogenated alkanes) is 1. The Morgan fingerprint density at radius 1 is 1.35 bits per heavy atom. The minimum absolute atomic E-state index is 0.0411. The minimum Gasteiger partial charge on any atom is -0.352 e. The van der Waals surface area contributed by atoms with Gasteiger partial charge in [-0.1, -0.05) is 39.0 Å². The third-order valence-corrected chi connectivity index (χ3v) is 3.51. The van der Waals surface area contributed by atoms with Gasteiger partial charge in [-0.2, -0.15) is 0 Å². The number of nitrogens with one attached hydrogen (secondary N) is 2. The van der Waals surface area contributed by atoms with Crippen molar-refractivity contribution < 1.29 is 4.79 Å². The van der Waals surface area contributed by atoms with Gasteiger partial charge in [0.1, 0.15) is 0 Å². The van der Waals surface area contributed by atoms with Gasteiger partial charge in [-0.25, -0.2) is 0 Å². The van der Waals surface area contributed by atoms with Crippen LogP contribution in [-0.2, 0) is 4.79 Å². The average molecular weight is 240 g/mol. The average Bonchev–Trinajstić information content (AvgIpc) is 2.25. The highest BCUT2D eigenvalue weighted by Crippen LogP contribution is 2.10. The van der Waals surface area contributed by atoms with E-state index in [-0.39, 0.29) is 11.9 Å². The normalized spacial score (nSPS) is 23.5. The third-order valence-electron chi connectivity index (χ3n) is 3.51. The second-order valence-electron chi connectivity index (χ2n) is 5.26. The van der Waals surface area contributed by atoms with Gasteiger partial charge in [-0.3, -0.25) is 4.79 Å². The molecule has 1 heterocycles. The van der Waals surface area contributed by atoms with Crippen LogP contribution < -0.4 is 10.6 Å². The molecule has 1 aliphatic rings. The molecule has 1 amide bonds. The van der Waals surface area contributed by atoms with E-state index in [1.165, 1.54) is 38.5 Å². The Bertz CT molecular complexity index is 210. The summed E-state index contributed by atoms with van der Waals surface area (Å²) < 4.78 is 0. The molecular formula is C14H28N2O. The van der Waals surface area contributed by atoms with Gasteiger partial charge < -0.3 is 10.6 Å². The smallest absolute Gasteiger partial charge is 0.237 e. The van der Waals surface area contributed by atoms with Crippen molar-refractivity contribution in [1.82, 2.24) is 10.6 Å². The van der Waals surface area contributed by atoms with Crippen LogP contribution in [0.3, 0.4) is 0 Å². The van der Waals surface area contributed by atoms with Gasteiger partial charge in [-0.05, 0) is 32.7 Å². The molecule has 1 saturated heterocycles. The van der Waals surface area contributed by atoms with E-state index in [9.17, 15) is 4.79 Å². The van der Waals surface area contributed by atoms with Crippen molar-refractivity contribution in [3.63, 3.8) is 0 Å². The molecule has 0 aliphatic carbocycles. The van der Waals surface area contributed by atoms with Gasteiger partial charge in [0, 0.05) is 6.04 Å². The lowest BCUT2D eigenvalue weighted by Gasteiger charge is -2.23. The molecule has 1 rings (SSSR count). The van der Waals surface area contributed by atoms with Crippen molar-refractivity contribution in [2.75, 3.05) is 6.54 Å². The fourth-order valence-corrected chi connectivity index (χ4v) is 2.36. The monoisotopic (exact) mass is 240 g/mol. The van der Waals surface area contributed by atoms with Gasteiger partial charge in [0.05, 0.1) is 6.04 Å². The van der Waals surface area contributed by atoms with Crippen molar-refractivity contribution in [3.05, 3.63) is 0 Å². The van der Waals surface area contributed by atoms with Crippen molar-refractivity contribution in [1.29, 1.82) is 0 Å². The molecule has 2 N–H and O–H groups in total. The van der Waals surface area contributed by atoms with Gasteiger partial charge in [-0.15, -0.1) is 0 Å². The third kappa shape index (κ3) is 6.06. The molecule has 17 heavy (non-hydrogen) atoms. The summed E-state index contributed by atoms with van der Waals surface area (Å²) in [6, 6.07) is 0.356. The van der Waals surface area contributed by atoms with Gasteiger partial charge >= 0.3 is 0 Å². The van der Waals surface area contributed by atoms with Gasteiger partial charge in [0.2, 0.25) is 5.91 Å². The zero-order valence-corrected chi connectivity index (χ0v) is 11.4. The molecular weight excluding hydrogens is 212 g/mol. The van der Waals surface area contributed by atoms with E-state index in [0.29, 0.717) is 6.04 Å². The van der Waals surface area contributed by atoms with E-state index in [1.807, 2.05) is 0 Å². The zero-order valence-electron chi connectivity index (χ0n) is 11.4. The maximum absolute atomic E-state index is 12.1. The highest BCUT2D eigenvalue weighted by atomic mass is 16.2. The second kappa shape index (κ2) is 8.51. The maximum atomic E-state index is 12.1. The SMILES string of the molecule is CCCCC(C)NC(=O)C1CCCCCCN1. The van der Waals surface area contributed by atoms with Crippen LogP contribution >= 0.6 is 0 Å². The number of amides is 1. The molecule has 2 atom stereocenters. The highest BCUT2D eigenvalue weighted by Gasteiger charge is 2.19. The molecule has 1 aliphatic heterocycles. The van der Waals surface area contributed by atoms with E-state index < -0.39 is 0 Å². The summed E-state index contributed by atoms with van der Waals surface area (Å²) in [4.78, 5) is 12.1. The Morgan fingerprint density at radius 2 is 2.12 bits per heavy atom. The quantitative estimate of drug-likeness (QED) is 0.775. The molecule has 0 aromatic carbocycles. The number of hydrogen-bond donors (Lipinski definition) is 2. The Balaban J connectivity index is 2.28. The molecule has 0 radical (unpaired) electrons. The standard InChI is InChI=1S/C14H28N2O/c1-3-4-9-12(2)16-14(17)13-10-7-5-6-8-11-15-13/h12-13,15H,3-11H2,1-2H3,(H,16,17). The summed E-state index contributed by atoms with van der Waals surface area (Å²) in [5, 5.41) is 6.50. The van der Waals surface area contributed by atoms with E-state index >= 15 is 0 Å². The molecule has 2 unspecified atom stereocenters. The van der Waals surface area contributed by atoms with Crippen LogP contribution in [0.4, 0.5) is 0 Å². The van der Waals surface area contributed by atoms with Crippen LogP contribution in [0.1, 0.15) is 65.2 Å². The predicted molar refractivity (Wildman–Crippen MR) is 72.0 cm³/mol. The fourth-order valence-electron chi connectivity index (χ4n) is 2.36. The minimum atomic E-state index is 0.0411. The first-order valence-electron chi connectivity index (χ1n) is 7.27. The molecule has 3 nitrogen and oxygen atoms in total. The Kier molecular flexibility index (Phi) is 7.25. The van der Waals surface area contributed by atoms with Gasteiger partial charge in [0.15, 0.2) is 0 Å². The summed E-state index contributed by atoms with van der Waals surface area (Å²) >= 11 is 0. The van der Waals surface area contributed by atoms with Crippen LogP contribution in [0, 0.1) is 0 Å². The molecule has 0 aromatic heterocycles. The molecule has 3 heteroatoms. The highest BCUT2D eigenvalue weighted by molar-refractivity contribution is 5.81. The Hall–Kier alpha value is -0.570. The summed E-state index contributed by atoms with van der Waals surface area (Å²) in [5.41, 5.74) is 0. The topological polar surface area (TPSA) is 41.1 Å². The molecule has 0 bridgehead atoms. The van der Waals surface area contributed by atoms with E-state index in [4.69, 9.17) is 0 Å². The van der Waals surface area contributed by atoms with Crippen LogP contribution in [0.5, 0.6) is 0 Å². The summed E-state index contributed by atoms with van der Waals surface area (Å²) in [6.07, 6.45) is 9.43. The first-order valence-corrected chi connectivity index (χ1v) is 7.27. The van der Waals surface area contributed by atoms with Crippen molar-refractivity contribution in [2.45, 2.75) is 77.3 Å². The molecule has 0 spiro atoms. The summed E-state index contributed by atoms with van der Waals surface area (Å²) in [6.45, 7) is 5.28. The molecule has 0 aromatic rings. The lowest BCUT2D eigenvalue weighted by Crippen LogP contribution is -2.47. The number of hydrogen-bond acceptors (Lipinski definition) is 2. The van der Waals surface area contributed by atoms with E-state index in [2.05, 4.69) is 24.5 Å². The lowest BCUT2D eigenvalue weighted by atomic mass is 10.0. The van der Waals surface area contributed by atoms with Crippen molar-refractivity contribution in [3.8, 4) is 0 Å². The van der Waals surface area contributed by atoms with Crippen LogP contribution in [0.15, 0.2) is 0 Å². The molecule has 0 saturated carbocycles. The van der Waals surface area contributed by atoms with Crippen molar-refractivity contribution in [2.24, 2.45) is 0 Å². The van der Waals surface area contributed by atoms with E-state index in [0.717, 1.165) is 19.4 Å². The Morgan fingerprint density at radius 3 is 2.88 bits per heavy atom. The lowest BCUT2D eigenvalue weighted by molar-refractivity contribution is -0.124. The molecule has 1 fully saturated rings. The largest absolute Gasteiger partial charge is 0.352 e. The molecule has 100 valence electrons. The first kappa shape index (κ1) is 14.5. The fraction of sp³-hybridized carbons (Fsp3) is 0.929. The number of carbonyl (C=O) groups is 1. The van der Waals surface area contributed by atoms with Crippen LogP contribution in [0.2, 0.25) is 0 Å².